The van der Waals surface area contributed by atoms with E-state index in [1.54, 1.807) is 18.2 Å². The molecule has 3 rings (SSSR count). The zero-order valence-electron chi connectivity index (χ0n) is 11.5. The Bertz CT molecular complexity index is 656. The number of hydrogen-bond acceptors (Lipinski definition) is 3. The first-order chi connectivity index (χ1) is 10.5. The van der Waals surface area contributed by atoms with Crippen LogP contribution in [0.5, 0.6) is 0 Å². The molecule has 1 saturated carbocycles. The van der Waals surface area contributed by atoms with Crippen LogP contribution >= 0.6 is 23.2 Å². The van der Waals surface area contributed by atoms with Crippen molar-refractivity contribution in [1.82, 2.24) is 0 Å². The van der Waals surface area contributed by atoms with Crippen molar-refractivity contribution < 1.29 is 19.4 Å². The number of rotatable bonds is 4. The number of carboxylic acid groups (broad SMARTS) is 1. The minimum Gasteiger partial charge on any atom is -0.481 e. The average Bonchev–Trinajstić information content (AvgIpc) is 3.08. The van der Waals surface area contributed by atoms with E-state index in [9.17, 15) is 14.7 Å². The number of allylic oxidation sites excluding steroid dienone is 2. The molecule has 0 heterocycles. The van der Waals surface area contributed by atoms with Gasteiger partial charge in [0.1, 0.15) is 6.61 Å². The van der Waals surface area contributed by atoms with Gasteiger partial charge in [0.05, 0.1) is 21.9 Å². The van der Waals surface area contributed by atoms with Crippen LogP contribution in [0.3, 0.4) is 0 Å². The molecule has 22 heavy (non-hydrogen) atoms. The number of benzene rings is 1. The van der Waals surface area contributed by atoms with E-state index in [0.29, 0.717) is 22.0 Å². The lowest BCUT2D eigenvalue weighted by atomic mass is 9.83. The topological polar surface area (TPSA) is 63.6 Å². The van der Waals surface area contributed by atoms with Crippen LogP contribution in [-0.4, -0.2) is 17.0 Å². The monoisotopic (exact) mass is 340 g/mol. The van der Waals surface area contributed by atoms with Crippen molar-refractivity contribution in [3.05, 3.63) is 46.0 Å². The predicted molar refractivity (Wildman–Crippen MR) is 81.6 cm³/mol. The lowest BCUT2D eigenvalue weighted by molar-refractivity contribution is -0.159. The zero-order chi connectivity index (χ0) is 15.9. The molecule has 4 nitrogen and oxygen atoms in total. The molecule has 1 aromatic carbocycles. The van der Waals surface area contributed by atoms with Gasteiger partial charge in [0.2, 0.25) is 0 Å². The summed E-state index contributed by atoms with van der Waals surface area (Å²) in [6.45, 7) is 0.0552. The molecule has 2 bridgehead atoms. The van der Waals surface area contributed by atoms with Gasteiger partial charge in [0.25, 0.3) is 0 Å². The minimum atomic E-state index is -0.937. The summed E-state index contributed by atoms with van der Waals surface area (Å²) in [7, 11) is 0. The average molecular weight is 341 g/mol. The van der Waals surface area contributed by atoms with Crippen LogP contribution in [-0.2, 0) is 20.9 Å². The van der Waals surface area contributed by atoms with Crippen LogP contribution in [0.1, 0.15) is 12.0 Å². The van der Waals surface area contributed by atoms with Gasteiger partial charge in [0, 0.05) is 0 Å². The van der Waals surface area contributed by atoms with Crippen molar-refractivity contribution >= 4 is 35.1 Å². The van der Waals surface area contributed by atoms with Crippen LogP contribution in [0.25, 0.3) is 0 Å². The lowest BCUT2D eigenvalue weighted by Gasteiger charge is -2.23. The third-order valence-corrected chi connectivity index (χ3v) is 5.12. The van der Waals surface area contributed by atoms with E-state index in [2.05, 4.69) is 0 Å². The number of halogens is 2. The van der Waals surface area contributed by atoms with Crippen LogP contribution < -0.4 is 0 Å². The van der Waals surface area contributed by atoms with E-state index in [-0.39, 0.29) is 18.4 Å². The van der Waals surface area contributed by atoms with Crippen LogP contribution in [0.2, 0.25) is 10.0 Å². The summed E-state index contributed by atoms with van der Waals surface area (Å²) < 4.78 is 5.30. The Labute approximate surface area is 137 Å². The molecule has 6 heteroatoms. The Kier molecular flexibility index (Phi) is 4.15. The molecule has 0 aliphatic heterocycles. The third-order valence-electron chi connectivity index (χ3n) is 4.38. The standard InChI is InChI=1S/C16H14Cl2O4/c17-11-4-1-8(5-12(11)18)7-22-16(21)14-10-3-2-9(6-10)13(14)15(19)20/h1-5,9-10,13-14H,6-7H2,(H,19,20)/t9-,10+,13-,14+/m0/s1. The van der Waals surface area contributed by atoms with Gasteiger partial charge in [-0.05, 0) is 36.0 Å². The second-order valence-corrected chi connectivity index (χ2v) is 6.51. The second kappa shape index (κ2) is 5.94. The summed E-state index contributed by atoms with van der Waals surface area (Å²) in [5, 5.41) is 10.2. The van der Waals surface area contributed by atoms with Gasteiger partial charge in [-0.3, -0.25) is 9.59 Å². The smallest absolute Gasteiger partial charge is 0.310 e. The number of aliphatic carboxylic acids is 1. The fraction of sp³-hybridized carbons (Fsp3) is 0.375. The molecule has 4 atom stereocenters. The maximum Gasteiger partial charge on any atom is 0.310 e. The third kappa shape index (κ3) is 2.73. The van der Waals surface area contributed by atoms with Gasteiger partial charge in [-0.2, -0.15) is 0 Å². The van der Waals surface area contributed by atoms with E-state index in [0.717, 1.165) is 0 Å². The van der Waals surface area contributed by atoms with Gasteiger partial charge < -0.3 is 9.84 Å². The molecular weight excluding hydrogens is 327 g/mol. The quantitative estimate of drug-likeness (QED) is 0.672. The van der Waals surface area contributed by atoms with Gasteiger partial charge >= 0.3 is 11.9 Å². The largest absolute Gasteiger partial charge is 0.481 e. The number of carboxylic acids is 1. The fourth-order valence-corrected chi connectivity index (χ4v) is 3.68. The van der Waals surface area contributed by atoms with Crippen molar-refractivity contribution in [1.29, 1.82) is 0 Å². The normalized spacial score (nSPS) is 28.8. The van der Waals surface area contributed by atoms with Crippen molar-refractivity contribution in [2.24, 2.45) is 23.7 Å². The minimum absolute atomic E-state index is 0.0348. The molecule has 1 aromatic rings. The van der Waals surface area contributed by atoms with E-state index < -0.39 is 23.8 Å². The molecule has 0 saturated heterocycles. The highest BCUT2D eigenvalue weighted by Crippen LogP contribution is 2.48. The number of carbonyl (C=O) groups excluding carboxylic acids is 1. The molecule has 1 N–H and O–H groups in total. The van der Waals surface area contributed by atoms with Gasteiger partial charge in [-0.1, -0.05) is 41.4 Å². The second-order valence-electron chi connectivity index (χ2n) is 5.69. The molecule has 0 aromatic heterocycles. The van der Waals surface area contributed by atoms with E-state index >= 15 is 0 Å². The first kappa shape index (κ1) is 15.4. The molecule has 2 aliphatic rings. The highest BCUT2D eigenvalue weighted by molar-refractivity contribution is 6.42. The Morgan fingerprint density at radius 1 is 1.14 bits per heavy atom. The summed E-state index contributed by atoms with van der Waals surface area (Å²) in [5.41, 5.74) is 0.716. The van der Waals surface area contributed by atoms with Crippen LogP contribution in [0.15, 0.2) is 30.4 Å². The lowest BCUT2D eigenvalue weighted by Crippen LogP contribution is -2.34. The number of hydrogen-bond donors (Lipinski definition) is 1. The molecule has 0 radical (unpaired) electrons. The Morgan fingerprint density at radius 3 is 2.45 bits per heavy atom. The Hall–Kier alpha value is -1.52. The van der Waals surface area contributed by atoms with Gasteiger partial charge in [-0.15, -0.1) is 0 Å². The first-order valence-corrected chi connectivity index (χ1v) is 7.74. The molecular formula is C16H14Cl2O4. The fourth-order valence-electron chi connectivity index (χ4n) is 3.36. The zero-order valence-corrected chi connectivity index (χ0v) is 13.1. The van der Waals surface area contributed by atoms with Crippen molar-refractivity contribution in [2.45, 2.75) is 13.0 Å². The van der Waals surface area contributed by atoms with Crippen molar-refractivity contribution in [2.75, 3.05) is 0 Å². The van der Waals surface area contributed by atoms with Crippen molar-refractivity contribution in [3.63, 3.8) is 0 Å². The Morgan fingerprint density at radius 2 is 1.82 bits per heavy atom. The van der Waals surface area contributed by atoms with Crippen molar-refractivity contribution in [3.8, 4) is 0 Å². The summed E-state index contributed by atoms with van der Waals surface area (Å²) in [6, 6.07) is 4.98. The molecule has 1 fully saturated rings. The number of ether oxygens (including phenoxy) is 1. The summed E-state index contributed by atoms with van der Waals surface area (Å²) in [6.07, 6.45) is 4.53. The van der Waals surface area contributed by atoms with Crippen LogP contribution in [0.4, 0.5) is 0 Å². The number of carbonyl (C=O) groups is 2. The summed E-state index contributed by atoms with van der Waals surface area (Å²) >= 11 is 11.7. The first-order valence-electron chi connectivity index (χ1n) is 6.99. The highest BCUT2D eigenvalue weighted by Gasteiger charge is 2.52. The molecule has 2 aliphatic carbocycles. The SMILES string of the molecule is O=C(O)[C@@H]1[C@H](C(=O)OCc2ccc(Cl)c(Cl)c2)[C@@H]2C=C[C@H]1C2. The van der Waals surface area contributed by atoms with Gasteiger partial charge in [-0.25, -0.2) is 0 Å². The maximum absolute atomic E-state index is 12.3. The number of fused-ring (bicyclic) bond motifs is 2. The Balaban J connectivity index is 1.68. The summed E-state index contributed by atoms with van der Waals surface area (Å²) in [4.78, 5) is 23.7. The highest BCUT2D eigenvalue weighted by atomic mass is 35.5. The number of esters is 1. The maximum atomic E-state index is 12.3. The molecule has 0 spiro atoms. The molecule has 116 valence electrons. The predicted octanol–water partition coefficient (Wildman–Crippen LogP) is 3.56. The molecule has 0 unspecified atom stereocenters. The van der Waals surface area contributed by atoms with Gasteiger partial charge in [0.15, 0.2) is 0 Å². The summed E-state index contributed by atoms with van der Waals surface area (Å²) in [5.74, 6) is -2.78. The van der Waals surface area contributed by atoms with E-state index in [4.69, 9.17) is 27.9 Å². The van der Waals surface area contributed by atoms with Crippen LogP contribution in [0, 0.1) is 23.7 Å². The molecule has 0 amide bonds. The van der Waals surface area contributed by atoms with E-state index in [1.807, 2.05) is 12.2 Å². The van der Waals surface area contributed by atoms with E-state index in [1.165, 1.54) is 0 Å².